The maximum Gasteiger partial charge on any atom is 0.326 e. The summed E-state index contributed by atoms with van der Waals surface area (Å²) >= 11 is 0. The van der Waals surface area contributed by atoms with Crippen LogP contribution in [-0.4, -0.2) is 28.1 Å². The molecule has 0 aliphatic carbocycles. The Balaban J connectivity index is 2.37. The number of nitrogens with one attached hydrogen (secondary N) is 2. The quantitative estimate of drug-likeness (QED) is 0.694. The first-order chi connectivity index (χ1) is 9.02. The molecule has 0 saturated heterocycles. The number of hydrogen-bond acceptors (Lipinski definition) is 4. The van der Waals surface area contributed by atoms with Crippen LogP contribution in [0.15, 0.2) is 10.6 Å². The normalized spacial score (nSPS) is 11.9. The van der Waals surface area contributed by atoms with Gasteiger partial charge in [0.05, 0.1) is 12.7 Å². The molecule has 3 N–H and O–H groups in total. The van der Waals surface area contributed by atoms with Gasteiger partial charge in [0.15, 0.2) is 0 Å². The Morgan fingerprint density at radius 1 is 1.53 bits per heavy atom. The van der Waals surface area contributed by atoms with Crippen LogP contribution in [-0.2, 0) is 11.3 Å². The third-order valence-corrected chi connectivity index (χ3v) is 2.52. The second-order valence-electron chi connectivity index (χ2n) is 4.22. The van der Waals surface area contributed by atoms with Crippen LogP contribution in [0.2, 0.25) is 0 Å². The number of nitrogens with zero attached hydrogens (tertiary/aromatic N) is 1. The van der Waals surface area contributed by atoms with E-state index in [0.29, 0.717) is 18.1 Å². The average molecular weight is 269 g/mol. The number of hydrogen-bond donors (Lipinski definition) is 3. The van der Waals surface area contributed by atoms with Crippen LogP contribution in [0.25, 0.3) is 0 Å². The highest BCUT2D eigenvalue weighted by Crippen LogP contribution is 2.02. The van der Waals surface area contributed by atoms with Crippen molar-refractivity contribution in [3.63, 3.8) is 0 Å². The largest absolute Gasteiger partial charge is 0.480 e. The smallest absolute Gasteiger partial charge is 0.326 e. The van der Waals surface area contributed by atoms with E-state index in [-0.39, 0.29) is 6.54 Å². The average Bonchev–Trinajstić information content (AvgIpc) is 2.77. The highest BCUT2D eigenvalue weighted by molar-refractivity contribution is 5.82. The maximum atomic E-state index is 11.5. The van der Waals surface area contributed by atoms with Gasteiger partial charge in [-0.25, -0.2) is 14.6 Å². The molecule has 2 amide bonds. The number of rotatable bonds is 7. The van der Waals surface area contributed by atoms with Crippen molar-refractivity contribution in [1.82, 2.24) is 15.6 Å². The van der Waals surface area contributed by atoms with Crippen molar-refractivity contribution in [1.29, 1.82) is 0 Å². The minimum atomic E-state index is -1.03. The molecular weight excluding hydrogens is 250 g/mol. The highest BCUT2D eigenvalue weighted by atomic mass is 16.4. The Labute approximate surface area is 111 Å². The lowest BCUT2D eigenvalue weighted by molar-refractivity contribution is -0.139. The molecule has 7 nitrogen and oxygen atoms in total. The van der Waals surface area contributed by atoms with Crippen LogP contribution in [0.4, 0.5) is 4.79 Å². The first kappa shape index (κ1) is 15.0. The molecule has 0 radical (unpaired) electrons. The number of unbranched alkanes of at least 4 members (excludes halogenated alkanes) is 1. The Bertz CT molecular complexity index is 430. The molecule has 7 heteroatoms. The zero-order chi connectivity index (χ0) is 14.3. The van der Waals surface area contributed by atoms with Gasteiger partial charge in [0, 0.05) is 0 Å². The number of aryl methyl sites for hydroxylation is 1. The van der Waals surface area contributed by atoms with Crippen molar-refractivity contribution in [2.24, 2.45) is 0 Å². The molecule has 0 saturated carbocycles. The van der Waals surface area contributed by atoms with Gasteiger partial charge in [0.1, 0.15) is 11.8 Å². The van der Waals surface area contributed by atoms with E-state index in [0.717, 1.165) is 12.8 Å². The summed E-state index contributed by atoms with van der Waals surface area (Å²) in [5.41, 5.74) is 0. The first-order valence-electron chi connectivity index (χ1n) is 6.21. The van der Waals surface area contributed by atoms with Gasteiger partial charge in [-0.3, -0.25) is 0 Å². The van der Waals surface area contributed by atoms with Crippen LogP contribution >= 0.6 is 0 Å². The molecule has 0 fully saturated rings. The van der Waals surface area contributed by atoms with Gasteiger partial charge < -0.3 is 20.2 Å². The molecule has 1 heterocycles. The summed E-state index contributed by atoms with van der Waals surface area (Å²) in [6.45, 7) is 3.84. The topological polar surface area (TPSA) is 104 Å². The molecule has 19 heavy (non-hydrogen) atoms. The van der Waals surface area contributed by atoms with Gasteiger partial charge in [-0.1, -0.05) is 19.8 Å². The summed E-state index contributed by atoms with van der Waals surface area (Å²) in [6, 6.07) is -1.41. The van der Waals surface area contributed by atoms with Crippen LogP contribution in [0.5, 0.6) is 0 Å². The van der Waals surface area contributed by atoms with E-state index in [2.05, 4.69) is 15.6 Å². The molecule has 0 aliphatic heterocycles. The highest BCUT2D eigenvalue weighted by Gasteiger charge is 2.19. The predicted molar refractivity (Wildman–Crippen MR) is 67.6 cm³/mol. The lowest BCUT2D eigenvalue weighted by Gasteiger charge is -2.14. The number of amides is 2. The van der Waals surface area contributed by atoms with Gasteiger partial charge in [0.2, 0.25) is 5.89 Å². The molecule has 1 atom stereocenters. The van der Waals surface area contributed by atoms with Gasteiger partial charge in [-0.15, -0.1) is 0 Å². The van der Waals surface area contributed by atoms with Crippen molar-refractivity contribution in [3.05, 3.63) is 17.8 Å². The zero-order valence-corrected chi connectivity index (χ0v) is 11.1. The third kappa shape index (κ3) is 5.41. The summed E-state index contributed by atoms with van der Waals surface area (Å²) in [5, 5.41) is 13.9. The minimum absolute atomic E-state index is 0.125. The first-order valence-corrected chi connectivity index (χ1v) is 6.21. The lowest BCUT2D eigenvalue weighted by atomic mass is 10.1. The molecular formula is C12H19N3O4. The number of urea groups is 1. The molecule has 0 aliphatic rings. The van der Waals surface area contributed by atoms with E-state index < -0.39 is 18.0 Å². The molecule has 1 aromatic rings. The molecule has 0 spiro atoms. The molecule has 0 bridgehead atoms. The zero-order valence-electron chi connectivity index (χ0n) is 11.1. The fraction of sp³-hybridized carbons (Fsp3) is 0.583. The number of aliphatic carboxylic acids is 1. The summed E-state index contributed by atoms with van der Waals surface area (Å²) in [6.07, 6.45) is 3.59. The van der Waals surface area contributed by atoms with Crippen molar-refractivity contribution >= 4 is 12.0 Å². The summed E-state index contributed by atoms with van der Waals surface area (Å²) in [4.78, 5) is 26.4. The number of carboxylic acid groups (broad SMARTS) is 1. The van der Waals surface area contributed by atoms with E-state index in [1.807, 2.05) is 6.92 Å². The lowest BCUT2D eigenvalue weighted by Crippen LogP contribution is -2.45. The fourth-order valence-corrected chi connectivity index (χ4v) is 1.51. The number of aromatic nitrogens is 1. The number of oxazole rings is 1. The van der Waals surface area contributed by atoms with E-state index in [4.69, 9.17) is 9.52 Å². The SMILES string of the molecule is CCCCC(NC(=O)NCc1ncc(C)o1)C(=O)O. The fourth-order valence-electron chi connectivity index (χ4n) is 1.51. The van der Waals surface area contributed by atoms with E-state index in [9.17, 15) is 9.59 Å². The Morgan fingerprint density at radius 2 is 2.26 bits per heavy atom. The molecule has 1 aromatic heterocycles. The Kier molecular flexibility index (Phi) is 5.84. The molecule has 0 aromatic carbocycles. The monoisotopic (exact) mass is 269 g/mol. The summed E-state index contributed by atoms with van der Waals surface area (Å²) in [7, 11) is 0. The molecule has 1 rings (SSSR count). The van der Waals surface area contributed by atoms with E-state index in [1.54, 1.807) is 13.1 Å². The second-order valence-corrected chi connectivity index (χ2v) is 4.22. The van der Waals surface area contributed by atoms with Crippen LogP contribution in [0.1, 0.15) is 37.8 Å². The van der Waals surface area contributed by atoms with Crippen LogP contribution in [0, 0.1) is 6.92 Å². The maximum absolute atomic E-state index is 11.5. The molecule has 106 valence electrons. The summed E-state index contributed by atoms with van der Waals surface area (Å²) < 4.78 is 5.18. The predicted octanol–water partition coefficient (Wildman–Crippen LogP) is 1.43. The standard InChI is InChI=1S/C12H19N3O4/c1-3-4-5-9(11(16)17)15-12(18)14-7-10-13-6-8(2)19-10/h6,9H,3-5,7H2,1-2H3,(H,16,17)(H2,14,15,18). The Hall–Kier alpha value is -2.05. The van der Waals surface area contributed by atoms with Crippen molar-refractivity contribution < 1.29 is 19.1 Å². The van der Waals surface area contributed by atoms with Gasteiger partial charge >= 0.3 is 12.0 Å². The van der Waals surface area contributed by atoms with E-state index in [1.165, 1.54) is 0 Å². The Morgan fingerprint density at radius 3 is 2.79 bits per heavy atom. The van der Waals surface area contributed by atoms with E-state index >= 15 is 0 Å². The van der Waals surface area contributed by atoms with Crippen molar-refractivity contribution in [2.75, 3.05) is 0 Å². The van der Waals surface area contributed by atoms with Crippen molar-refractivity contribution in [2.45, 2.75) is 45.7 Å². The number of carbonyl (C=O) groups excluding carboxylic acids is 1. The van der Waals surface area contributed by atoms with Crippen molar-refractivity contribution in [3.8, 4) is 0 Å². The number of carbonyl (C=O) groups is 2. The minimum Gasteiger partial charge on any atom is -0.480 e. The second kappa shape index (κ2) is 7.40. The third-order valence-electron chi connectivity index (χ3n) is 2.52. The van der Waals surface area contributed by atoms with Gasteiger partial charge in [-0.05, 0) is 13.3 Å². The molecule has 1 unspecified atom stereocenters. The van der Waals surface area contributed by atoms with Gasteiger partial charge in [-0.2, -0.15) is 0 Å². The van der Waals surface area contributed by atoms with Gasteiger partial charge in [0.25, 0.3) is 0 Å². The van der Waals surface area contributed by atoms with Crippen LogP contribution < -0.4 is 10.6 Å². The number of carboxylic acids is 1. The summed E-state index contributed by atoms with van der Waals surface area (Å²) in [5.74, 6) is 0.00668. The van der Waals surface area contributed by atoms with Crippen LogP contribution in [0.3, 0.4) is 0 Å².